The van der Waals surface area contributed by atoms with E-state index < -0.39 is 0 Å². The summed E-state index contributed by atoms with van der Waals surface area (Å²) >= 11 is 3.44. The number of hydrogen-bond acceptors (Lipinski definition) is 3. The monoisotopic (exact) mass is 326 g/mol. The van der Waals surface area contributed by atoms with Crippen LogP contribution in [0.25, 0.3) is 0 Å². The van der Waals surface area contributed by atoms with Crippen LogP contribution in [0.15, 0.2) is 22.8 Å². The van der Waals surface area contributed by atoms with E-state index in [1.165, 1.54) is 12.1 Å². The van der Waals surface area contributed by atoms with Gasteiger partial charge in [0.05, 0.1) is 0 Å². The fourth-order valence-corrected chi connectivity index (χ4v) is 2.88. The highest BCUT2D eigenvalue weighted by molar-refractivity contribution is 9.10. The highest BCUT2D eigenvalue weighted by Gasteiger charge is 2.32. The maximum Gasteiger partial charge on any atom is 0.0471 e. The summed E-state index contributed by atoms with van der Waals surface area (Å²) < 4.78 is 6.58. The Morgan fingerprint density at radius 3 is 2.79 bits per heavy atom. The Labute approximate surface area is 124 Å². The molecule has 0 spiro atoms. The molecule has 4 heteroatoms. The van der Waals surface area contributed by atoms with Crippen LogP contribution < -0.4 is 5.32 Å². The minimum absolute atomic E-state index is 0.314. The SMILES string of the molecule is CCCNCC1(Cc2ccc(Br)cn2)CCOCC1. The van der Waals surface area contributed by atoms with E-state index in [4.69, 9.17) is 4.74 Å². The van der Waals surface area contributed by atoms with Crippen molar-refractivity contribution in [1.82, 2.24) is 10.3 Å². The number of rotatable bonds is 6. The number of nitrogens with zero attached hydrogens (tertiary/aromatic N) is 1. The Hall–Kier alpha value is -0.450. The van der Waals surface area contributed by atoms with Crippen LogP contribution in [-0.2, 0) is 11.2 Å². The number of ether oxygens (including phenoxy) is 1. The molecule has 0 saturated carbocycles. The first-order valence-corrected chi connectivity index (χ1v) is 7.92. The van der Waals surface area contributed by atoms with Gasteiger partial charge in [-0.3, -0.25) is 4.98 Å². The summed E-state index contributed by atoms with van der Waals surface area (Å²) in [7, 11) is 0. The van der Waals surface area contributed by atoms with Gasteiger partial charge >= 0.3 is 0 Å². The fourth-order valence-electron chi connectivity index (χ4n) is 2.65. The normalized spacial score (nSPS) is 18.4. The van der Waals surface area contributed by atoms with Gasteiger partial charge in [0.1, 0.15) is 0 Å². The van der Waals surface area contributed by atoms with E-state index in [0.29, 0.717) is 5.41 Å². The molecule has 0 unspecified atom stereocenters. The second-order valence-electron chi connectivity index (χ2n) is 5.43. The fraction of sp³-hybridized carbons (Fsp3) is 0.667. The summed E-state index contributed by atoms with van der Waals surface area (Å²) in [5.41, 5.74) is 1.50. The lowest BCUT2D eigenvalue weighted by molar-refractivity contribution is 0.0146. The highest BCUT2D eigenvalue weighted by atomic mass is 79.9. The molecule has 1 aliphatic heterocycles. The molecule has 1 N–H and O–H groups in total. The first kappa shape index (κ1) is 14.9. The van der Waals surface area contributed by atoms with E-state index in [1.807, 2.05) is 6.20 Å². The Balaban J connectivity index is 2.01. The largest absolute Gasteiger partial charge is 0.381 e. The van der Waals surface area contributed by atoms with Gasteiger partial charge in [-0.25, -0.2) is 0 Å². The quantitative estimate of drug-likeness (QED) is 0.815. The molecular weight excluding hydrogens is 304 g/mol. The molecule has 0 radical (unpaired) electrons. The molecule has 0 bridgehead atoms. The third kappa shape index (κ3) is 4.55. The maximum atomic E-state index is 5.53. The molecule has 2 heterocycles. The van der Waals surface area contributed by atoms with Gasteiger partial charge in [-0.1, -0.05) is 6.92 Å². The summed E-state index contributed by atoms with van der Waals surface area (Å²) in [5, 5.41) is 3.58. The van der Waals surface area contributed by atoms with E-state index in [-0.39, 0.29) is 0 Å². The van der Waals surface area contributed by atoms with E-state index in [1.54, 1.807) is 0 Å². The van der Waals surface area contributed by atoms with E-state index >= 15 is 0 Å². The molecule has 1 aromatic heterocycles. The third-order valence-electron chi connectivity index (χ3n) is 3.82. The second-order valence-corrected chi connectivity index (χ2v) is 6.35. The molecule has 1 aliphatic rings. The van der Waals surface area contributed by atoms with E-state index in [0.717, 1.165) is 50.0 Å². The smallest absolute Gasteiger partial charge is 0.0471 e. The Kier molecular flexibility index (Phi) is 5.79. The van der Waals surface area contributed by atoms with E-state index in [9.17, 15) is 0 Å². The van der Waals surface area contributed by atoms with Crippen LogP contribution in [0.3, 0.4) is 0 Å². The standard InChI is InChI=1S/C15H23BrN2O/c1-2-7-17-12-15(5-8-19-9-6-15)10-14-4-3-13(16)11-18-14/h3-4,11,17H,2,5-10,12H2,1H3. The predicted molar refractivity (Wildman–Crippen MR) is 81.3 cm³/mol. The van der Waals surface area contributed by atoms with Gasteiger partial charge in [0.25, 0.3) is 0 Å². The second kappa shape index (κ2) is 7.36. The first-order valence-electron chi connectivity index (χ1n) is 7.13. The van der Waals surface area contributed by atoms with Crippen LogP contribution in [-0.4, -0.2) is 31.3 Å². The van der Waals surface area contributed by atoms with Crippen molar-refractivity contribution in [2.45, 2.75) is 32.6 Å². The molecule has 106 valence electrons. The molecule has 0 amide bonds. The minimum atomic E-state index is 0.314. The van der Waals surface area contributed by atoms with Crippen molar-refractivity contribution in [2.75, 3.05) is 26.3 Å². The van der Waals surface area contributed by atoms with Crippen molar-refractivity contribution in [2.24, 2.45) is 5.41 Å². The summed E-state index contributed by atoms with van der Waals surface area (Å²) in [4.78, 5) is 4.53. The van der Waals surface area contributed by atoms with Gasteiger partial charge in [0.2, 0.25) is 0 Å². The molecule has 19 heavy (non-hydrogen) atoms. The maximum absolute atomic E-state index is 5.53. The van der Waals surface area contributed by atoms with Crippen molar-refractivity contribution < 1.29 is 4.74 Å². The van der Waals surface area contributed by atoms with Crippen molar-refractivity contribution in [3.63, 3.8) is 0 Å². The van der Waals surface area contributed by atoms with Gasteiger partial charge < -0.3 is 10.1 Å². The molecule has 0 atom stereocenters. The predicted octanol–water partition coefficient (Wildman–Crippen LogP) is 3.18. The van der Waals surface area contributed by atoms with Gasteiger partial charge in [0.15, 0.2) is 0 Å². The van der Waals surface area contributed by atoms with Gasteiger partial charge in [-0.2, -0.15) is 0 Å². The first-order chi connectivity index (χ1) is 9.24. The number of pyridine rings is 1. The molecule has 2 rings (SSSR count). The van der Waals surface area contributed by atoms with Crippen LogP contribution in [0.4, 0.5) is 0 Å². The number of hydrogen-bond donors (Lipinski definition) is 1. The molecular formula is C15H23BrN2O. The van der Waals surface area contributed by atoms with Gasteiger partial charge in [-0.15, -0.1) is 0 Å². The van der Waals surface area contributed by atoms with Crippen LogP contribution in [0.5, 0.6) is 0 Å². The zero-order valence-corrected chi connectivity index (χ0v) is 13.2. The molecule has 1 saturated heterocycles. The topological polar surface area (TPSA) is 34.2 Å². The lowest BCUT2D eigenvalue weighted by Crippen LogP contribution is -2.41. The lowest BCUT2D eigenvalue weighted by atomic mass is 9.76. The van der Waals surface area contributed by atoms with Crippen LogP contribution in [0.2, 0.25) is 0 Å². The van der Waals surface area contributed by atoms with Gasteiger partial charge in [0, 0.05) is 36.1 Å². The van der Waals surface area contributed by atoms with Crippen molar-refractivity contribution in [3.05, 3.63) is 28.5 Å². The van der Waals surface area contributed by atoms with Crippen LogP contribution >= 0.6 is 15.9 Å². The van der Waals surface area contributed by atoms with Crippen molar-refractivity contribution in [1.29, 1.82) is 0 Å². The summed E-state index contributed by atoms with van der Waals surface area (Å²) in [6, 6.07) is 4.20. The zero-order chi connectivity index (χ0) is 13.6. The molecule has 0 aliphatic carbocycles. The minimum Gasteiger partial charge on any atom is -0.381 e. The van der Waals surface area contributed by atoms with Crippen molar-refractivity contribution >= 4 is 15.9 Å². The number of nitrogens with one attached hydrogen (secondary N) is 1. The van der Waals surface area contributed by atoms with Gasteiger partial charge in [-0.05, 0) is 65.7 Å². The lowest BCUT2D eigenvalue weighted by Gasteiger charge is -2.37. The van der Waals surface area contributed by atoms with Crippen LogP contribution in [0.1, 0.15) is 31.9 Å². The summed E-state index contributed by atoms with van der Waals surface area (Å²) in [6.45, 7) is 6.13. The molecule has 0 aromatic carbocycles. The summed E-state index contributed by atoms with van der Waals surface area (Å²) in [5.74, 6) is 0. The molecule has 3 nitrogen and oxygen atoms in total. The third-order valence-corrected chi connectivity index (χ3v) is 4.29. The average Bonchev–Trinajstić information content (AvgIpc) is 2.43. The molecule has 1 aromatic rings. The van der Waals surface area contributed by atoms with Crippen LogP contribution in [0, 0.1) is 5.41 Å². The number of aromatic nitrogens is 1. The Bertz CT molecular complexity index is 374. The number of halogens is 1. The molecule has 1 fully saturated rings. The Morgan fingerprint density at radius 2 is 2.16 bits per heavy atom. The zero-order valence-electron chi connectivity index (χ0n) is 11.6. The summed E-state index contributed by atoms with van der Waals surface area (Å²) in [6.07, 6.45) is 6.37. The van der Waals surface area contributed by atoms with E-state index in [2.05, 4.69) is 45.3 Å². The highest BCUT2D eigenvalue weighted by Crippen LogP contribution is 2.33. The average molecular weight is 327 g/mol. The Morgan fingerprint density at radius 1 is 1.37 bits per heavy atom. The van der Waals surface area contributed by atoms with Crippen molar-refractivity contribution in [3.8, 4) is 0 Å².